The third-order valence-electron chi connectivity index (χ3n) is 5.06. The van der Waals surface area contributed by atoms with Gasteiger partial charge in [0.25, 0.3) is 0 Å². The second-order valence-electron chi connectivity index (χ2n) is 7.68. The van der Waals surface area contributed by atoms with E-state index in [1.165, 1.54) is 32.6 Å². The van der Waals surface area contributed by atoms with Gasteiger partial charge in [0.2, 0.25) is 5.76 Å². The van der Waals surface area contributed by atoms with Crippen LogP contribution in [0.15, 0.2) is 58.2 Å². The van der Waals surface area contributed by atoms with Crippen molar-refractivity contribution in [1.82, 2.24) is 0 Å². The second-order valence-corrected chi connectivity index (χ2v) is 7.68. The Morgan fingerprint density at radius 1 is 1.03 bits per heavy atom. The number of hydrogen-bond donors (Lipinski definition) is 0. The van der Waals surface area contributed by atoms with Gasteiger partial charge in [-0.15, -0.1) is 0 Å². The van der Waals surface area contributed by atoms with Crippen molar-refractivity contribution < 1.29 is 33.0 Å². The van der Waals surface area contributed by atoms with Crippen LogP contribution in [0.1, 0.15) is 62.7 Å². The van der Waals surface area contributed by atoms with Gasteiger partial charge in [0.15, 0.2) is 11.6 Å². The number of Topliss-reactive ketones (excluding diaryl/α,β-unsaturated/α-hetero) is 1. The smallest absolute Gasteiger partial charge is 0.374 e. The van der Waals surface area contributed by atoms with E-state index in [1.54, 1.807) is 18.2 Å². The number of esters is 1. The van der Waals surface area contributed by atoms with Crippen LogP contribution >= 0.6 is 0 Å². The molecule has 0 radical (unpaired) electrons. The molecule has 1 aromatic heterocycles. The predicted molar refractivity (Wildman–Crippen MR) is 117 cm³/mol. The lowest BCUT2D eigenvalue weighted by Gasteiger charge is -2.25. The van der Waals surface area contributed by atoms with Crippen LogP contribution in [-0.2, 0) is 27.4 Å². The van der Waals surface area contributed by atoms with Crippen molar-refractivity contribution >= 4 is 17.5 Å². The molecular formula is C25H26O7. The fraction of sp³-hybridized carbons (Fsp3) is 0.320. The lowest BCUT2D eigenvalue weighted by molar-refractivity contribution is 0.0337. The average molecular weight is 438 g/mol. The first-order valence-electron chi connectivity index (χ1n) is 10.2. The minimum atomic E-state index is -0.950. The first-order valence-corrected chi connectivity index (χ1v) is 10.2. The van der Waals surface area contributed by atoms with Crippen molar-refractivity contribution in [1.29, 1.82) is 0 Å². The summed E-state index contributed by atoms with van der Waals surface area (Å²) < 4.78 is 21.2. The van der Waals surface area contributed by atoms with Gasteiger partial charge < -0.3 is 18.6 Å². The van der Waals surface area contributed by atoms with Crippen LogP contribution in [0.5, 0.6) is 0 Å². The molecule has 0 bridgehead atoms. The summed E-state index contributed by atoms with van der Waals surface area (Å²) >= 11 is 0. The molecule has 1 heterocycles. The Balaban J connectivity index is 2.06. The zero-order valence-corrected chi connectivity index (χ0v) is 18.6. The third kappa shape index (κ3) is 4.95. The number of fused-ring (bicyclic) bond motifs is 1. The van der Waals surface area contributed by atoms with Gasteiger partial charge >= 0.3 is 5.97 Å². The highest BCUT2D eigenvalue weighted by atomic mass is 16.6. The topological polar surface area (TPSA) is 92.0 Å². The van der Waals surface area contributed by atoms with Crippen molar-refractivity contribution in [3.05, 3.63) is 81.8 Å². The number of benzene rings is 1. The first-order chi connectivity index (χ1) is 15.4. The number of carbonyl (C=O) groups is 3. The number of hydrogen-bond acceptors (Lipinski definition) is 7. The number of allylic oxidation sites excluding steroid dienone is 2. The molecule has 32 heavy (non-hydrogen) atoms. The molecule has 0 saturated carbocycles. The van der Waals surface area contributed by atoms with Gasteiger partial charge in [0.05, 0.1) is 19.5 Å². The molecule has 1 atom stereocenters. The quantitative estimate of drug-likeness (QED) is 0.422. The summed E-state index contributed by atoms with van der Waals surface area (Å²) in [6.45, 7) is 4.15. The summed E-state index contributed by atoms with van der Waals surface area (Å²) in [6.07, 6.45) is 3.77. The summed E-state index contributed by atoms with van der Waals surface area (Å²) in [5.41, 5.74) is 2.87. The highest BCUT2D eigenvalue weighted by molar-refractivity contribution is 6.26. The van der Waals surface area contributed by atoms with Gasteiger partial charge in [-0.25, -0.2) is 4.79 Å². The Bertz CT molecular complexity index is 1070. The van der Waals surface area contributed by atoms with Crippen LogP contribution < -0.4 is 0 Å². The number of carbonyl (C=O) groups excluding carboxylic acids is 3. The number of rotatable bonds is 9. The molecule has 0 spiro atoms. The highest BCUT2D eigenvalue weighted by Gasteiger charge is 2.35. The maximum absolute atomic E-state index is 13.6. The molecule has 0 aliphatic heterocycles. The molecule has 2 aromatic rings. The number of methoxy groups -OCH3 is 2. The monoisotopic (exact) mass is 438 g/mol. The zero-order chi connectivity index (χ0) is 23.3. The van der Waals surface area contributed by atoms with Crippen LogP contribution in [-0.4, -0.2) is 37.9 Å². The Labute approximate surface area is 186 Å². The molecule has 0 fully saturated rings. The van der Waals surface area contributed by atoms with Gasteiger partial charge in [-0.2, -0.15) is 0 Å². The summed E-state index contributed by atoms with van der Waals surface area (Å²) in [7, 11) is 3.04. The summed E-state index contributed by atoms with van der Waals surface area (Å²) in [6, 6.07) is 6.56. The Hall–Kier alpha value is -3.29. The van der Waals surface area contributed by atoms with Crippen LogP contribution in [0, 0.1) is 0 Å². The van der Waals surface area contributed by atoms with Crippen LogP contribution in [0.2, 0.25) is 0 Å². The summed E-state index contributed by atoms with van der Waals surface area (Å²) in [4.78, 5) is 39.3. The van der Waals surface area contributed by atoms with Crippen LogP contribution in [0.4, 0.5) is 0 Å². The lowest BCUT2D eigenvalue weighted by atomic mass is 9.81. The van der Waals surface area contributed by atoms with Crippen molar-refractivity contribution in [2.24, 2.45) is 0 Å². The Kier molecular flexibility index (Phi) is 7.56. The number of ether oxygens (including phenoxy) is 3. The standard InChI is InChI=1S/C25H26O7/c1-15(2)7-10-20(32-25(28)21-6-5-11-31-21)18-12-19(26)22-16(13-29-3)8-9-17(14-30-4)23(22)24(18)27/h5-9,11-12,20H,10,13-14H2,1-4H3. The molecule has 1 aliphatic carbocycles. The van der Waals surface area contributed by atoms with Gasteiger partial charge in [0, 0.05) is 37.3 Å². The molecule has 1 unspecified atom stereocenters. The zero-order valence-electron chi connectivity index (χ0n) is 18.6. The number of furan rings is 1. The third-order valence-corrected chi connectivity index (χ3v) is 5.06. The van der Waals surface area contributed by atoms with Crippen molar-refractivity contribution in [2.45, 2.75) is 39.6 Å². The lowest BCUT2D eigenvalue weighted by Crippen LogP contribution is -2.30. The van der Waals surface area contributed by atoms with E-state index in [4.69, 9.17) is 18.6 Å². The van der Waals surface area contributed by atoms with Gasteiger partial charge in [-0.1, -0.05) is 23.8 Å². The maximum Gasteiger partial charge on any atom is 0.374 e. The van der Waals surface area contributed by atoms with E-state index in [0.717, 1.165) is 5.57 Å². The molecule has 1 aliphatic rings. The predicted octanol–water partition coefficient (Wildman–Crippen LogP) is 4.46. The number of ketones is 2. The minimum Gasteiger partial charge on any atom is -0.457 e. The largest absolute Gasteiger partial charge is 0.457 e. The maximum atomic E-state index is 13.6. The highest BCUT2D eigenvalue weighted by Crippen LogP contribution is 2.32. The second kappa shape index (κ2) is 10.3. The van der Waals surface area contributed by atoms with Gasteiger partial charge in [-0.05, 0) is 43.2 Å². The first kappa shape index (κ1) is 23.4. The van der Waals surface area contributed by atoms with E-state index >= 15 is 0 Å². The van der Waals surface area contributed by atoms with E-state index in [-0.39, 0.29) is 48.1 Å². The Morgan fingerprint density at radius 2 is 1.69 bits per heavy atom. The molecule has 0 N–H and O–H groups in total. The van der Waals surface area contributed by atoms with Gasteiger partial charge in [0.1, 0.15) is 6.10 Å². The minimum absolute atomic E-state index is 0.0187. The van der Waals surface area contributed by atoms with Crippen LogP contribution in [0.25, 0.3) is 0 Å². The molecule has 168 valence electrons. The van der Waals surface area contributed by atoms with Crippen LogP contribution in [0.3, 0.4) is 0 Å². The van der Waals surface area contributed by atoms with Gasteiger partial charge in [-0.3, -0.25) is 9.59 Å². The summed E-state index contributed by atoms with van der Waals surface area (Å²) in [5, 5.41) is 0. The molecular weight excluding hydrogens is 412 g/mol. The average Bonchev–Trinajstić information content (AvgIpc) is 3.30. The van der Waals surface area contributed by atoms with Crippen molar-refractivity contribution in [2.75, 3.05) is 14.2 Å². The van der Waals surface area contributed by atoms with E-state index < -0.39 is 12.1 Å². The van der Waals surface area contributed by atoms with E-state index in [0.29, 0.717) is 16.7 Å². The van der Waals surface area contributed by atoms with Crippen molar-refractivity contribution in [3.63, 3.8) is 0 Å². The SMILES string of the molecule is COCc1ccc(COC)c2c1C(=O)C=C(C(CC=C(C)C)OC(=O)c1ccco1)C2=O. The van der Waals surface area contributed by atoms with E-state index in [9.17, 15) is 14.4 Å². The molecule has 1 aromatic carbocycles. The fourth-order valence-electron chi connectivity index (χ4n) is 3.61. The molecule has 0 amide bonds. The molecule has 7 nitrogen and oxygen atoms in total. The van der Waals surface area contributed by atoms with Crippen molar-refractivity contribution in [3.8, 4) is 0 Å². The molecule has 3 rings (SSSR count). The van der Waals surface area contributed by atoms with E-state index in [1.807, 2.05) is 19.9 Å². The molecule has 0 saturated heterocycles. The fourth-order valence-corrected chi connectivity index (χ4v) is 3.61. The van der Waals surface area contributed by atoms with E-state index in [2.05, 4.69) is 0 Å². The normalized spacial score (nSPS) is 13.9. The summed E-state index contributed by atoms with van der Waals surface area (Å²) in [5.74, 6) is -1.40. The Morgan fingerprint density at radius 3 is 2.25 bits per heavy atom. The molecule has 7 heteroatoms.